The third-order valence-electron chi connectivity index (χ3n) is 7.88. The van der Waals surface area contributed by atoms with Gasteiger partial charge in [-0.3, -0.25) is 18.6 Å². The Morgan fingerprint density at radius 2 is 1.15 bits per heavy atom. The number of esters is 2. The first-order chi connectivity index (χ1) is 24.8. The number of benzene rings is 2. The lowest BCUT2D eigenvalue weighted by Gasteiger charge is -2.24. The molecule has 11 nitrogen and oxygen atoms in total. The number of likely N-dealkylation sites (N-methyl/N-ethyl adjacent to an activating group) is 1. The first kappa shape index (κ1) is 46.4. The Morgan fingerprint density at radius 1 is 0.712 bits per heavy atom. The molecule has 0 radical (unpaired) electrons. The Balaban J connectivity index is 1.91. The van der Waals surface area contributed by atoms with Gasteiger partial charge in [0.15, 0.2) is 6.10 Å². The molecule has 2 rings (SSSR count). The molecule has 0 aliphatic carbocycles. The number of anilines is 2. The molecule has 0 spiro atoms. The summed E-state index contributed by atoms with van der Waals surface area (Å²) in [6.07, 6.45) is 1.44. The monoisotopic (exact) mass is 828 g/mol. The first-order valence-corrected chi connectivity index (χ1v) is 21.1. The highest BCUT2D eigenvalue weighted by molar-refractivity contribution is 7.47. The number of ether oxygens (including phenoxy) is 2. The smallest absolute Gasteiger partial charge is 0.462 e. The summed E-state index contributed by atoms with van der Waals surface area (Å²) in [6, 6.07) is 16.0. The van der Waals surface area contributed by atoms with Crippen LogP contribution in [-0.4, -0.2) is 125 Å². The van der Waals surface area contributed by atoms with Gasteiger partial charge in [0.2, 0.25) is 0 Å². The summed E-state index contributed by atoms with van der Waals surface area (Å²) in [5.41, 5.74) is 4.16. The zero-order valence-corrected chi connectivity index (χ0v) is 34.4. The van der Waals surface area contributed by atoms with E-state index in [1.54, 1.807) is 0 Å². The van der Waals surface area contributed by atoms with Crippen LogP contribution in [0.5, 0.6) is 0 Å². The van der Waals surface area contributed by atoms with E-state index in [0.717, 1.165) is 22.5 Å². The average molecular weight is 831 g/mol. The molecule has 0 aliphatic heterocycles. The number of nitrogens with zero attached hydrogens (tertiary/aromatic N) is 3. The van der Waals surface area contributed by atoms with Gasteiger partial charge in [0.25, 0.3) is 0 Å². The van der Waals surface area contributed by atoms with Crippen LogP contribution in [0.2, 0.25) is 0 Å². The quantitative estimate of drug-likeness (QED) is 0.0421. The van der Waals surface area contributed by atoms with Crippen LogP contribution in [0.4, 0.5) is 11.4 Å². The van der Waals surface area contributed by atoms with Gasteiger partial charge in [-0.25, -0.2) is 4.57 Å². The van der Waals surface area contributed by atoms with Crippen LogP contribution in [0, 0.1) is 0 Å². The highest BCUT2D eigenvalue weighted by Crippen LogP contribution is 2.43. The van der Waals surface area contributed by atoms with E-state index in [2.05, 4.69) is 9.80 Å². The number of halogens is 4. The van der Waals surface area contributed by atoms with Crippen molar-refractivity contribution in [2.24, 2.45) is 0 Å². The molecule has 52 heavy (non-hydrogen) atoms. The van der Waals surface area contributed by atoms with E-state index in [4.69, 9.17) is 64.9 Å². The standard InChI is InChI=1S/C36H54Cl4N3O8P/c1-43(2,3)26-27-49-52(46,47)50-29-34(51-36(45)9-5-7-31-12-16-33(17-13-31)42(24-20-39)25-21-40)28-48-35(44)8-4-6-30-10-14-32(15-11-30)41(22-18-37)23-19-38/h10-17,34H,4-9,18-29H2,1-3H3/p+1/t34-/m1/s1. The van der Waals surface area contributed by atoms with Crippen molar-refractivity contribution >= 4 is 77.5 Å². The van der Waals surface area contributed by atoms with Crippen LogP contribution in [0.15, 0.2) is 48.5 Å². The number of phosphoric acid groups is 1. The van der Waals surface area contributed by atoms with Crippen LogP contribution in [0.1, 0.15) is 36.8 Å². The van der Waals surface area contributed by atoms with Crippen molar-refractivity contribution < 1.29 is 42.1 Å². The molecular weight excluding hydrogens is 775 g/mol. The van der Waals surface area contributed by atoms with Crippen LogP contribution in [0.25, 0.3) is 0 Å². The minimum atomic E-state index is -4.45. The van der Waals surface area contributed by atoms with Gasteiger partial charge in [-0.15, -0.1) is 46.4 Å². The Hall–Kier alpha value is -1.79. The summed E-state index contributed by atoms with van der Waals surface area (Å²) in [6.45, 7) is 2.39. The summed E-state index contributed by atoms with van der Waals surface area (Å²) in [5.74, 6) is 0.946. The lowest BCUT2D eigenvalue weighted by atomic mass is 10.1. The zero-order chi connectivity index (χ0) is 38.4. The second kappa shape index (κ2) is 25.3. The Labute approximate surface area is 329 Å². The van der Waals surface area contributed by atoms with Gasteiger partial charge in [-0.2, -0.15) is 0 Å². The molecule has 0 bridgehead atoms. The number of carbonyl (C=O) groups excluding carboxylic acids is 2. The van der Waals surface area contributed by atoms with Crippen molar-refractivity contribution in [3.05, 3.63) is 59.7 Å². The molecule has 1 unspecified atom stereocenters. The van der Waals surface area contributed by atoms with Gasteiger partial charge in [-0.05, 0) is 61.1 Å². The number of hydrogen-bond donors (Lipinski definition) is 1. The molecular formula is C36H55Cl4N3O8P+. The molecule has 16 heteroatoms. The number of hydrogen-bond acceptors (Lipinski definition) is 9. The summed E-state index contributed by atoms with van der Waals surface area (Å²) < 4.78 is 34.2. The molecule has 2 aromatic rings. The number of alkyl halides is 4. The van der Waals surface area contributed by atoms with E-state index in [-0.39, 0.29) is 26.1 Å². The first-order valence-electron chi connectivity index (χ1n) is 17.5. The van der Waals surface area contributed by atoms with Gasteiger partial charge >= 0.3 is 19.8 Å². The van der Waals surface area contributed by atoms with E-state index < -0.39 is 32.5 Å². The van der Waals surface area contributed by atoms with Crippen molar-refractivity contribution in [3.8, 4) is 0 Å². The fraction of sp³-hybridized carbons (Fsp3) is 0.611. The second-order valence-corrected chi connectivity index (χ2v) is 16.1. The number of rotatable bonds is 28. The predicted molar refractivity (Wildman–Crippen MR) is 212 cm³/mol. The fourth-order valence-corrected chi connectivity index (χ4v) is 6.59. The maximum absolute atomic E-state index is 12.8. The molecule has 0 amide bonds. The van der Waals surface area contributed by atoms with E-state index in [1.165, 1.54) is 0 Å². The van der Waals surface area contributed by atoms with E-state index >= 15 is 0 Å². The number of carbonyl (C=O) groups is 2. The Kier molecular flexibility index (Phi) is 22.6. The Bertz CT molecular complexity index is 1340. The Morgan fingerprint density at radius 3 is 1.58 bits per heavy atom. The van der Waals surface area contributed by atoms with Gasteiger partial charge < -0.3 is 28.6 Å². The van der Waals surface area contributed by atoms with Crippen molar-refractivity contribution in [1.29, 1.82) is 0 Å². The second-order valence-electron chi connectivity index (χ2n) is 13.2. The van der Waals surface area contributed by atoms with Gasteiger partial charge in [0.1, 0.15) is 19.8 Å². The maximum atomic E-state index is 12.8. The maximum Gasteiger partial charge on any atom is 0.472 e. The highest BCUT2D eigenvalue weighted by atomic mass is 35.5. The highest BCUT2D eigenvalue weighted by Gasteiger charge is 2.27. The largest absolute Gasteiger partial charge is 0.472 e. The van der Waals surface area contributed by atoms with Crippen LogP contribution in [0.3, 0.4) is 0 Å². The molecule has 2 atom stereocenters. The molecule has 294 valence electrons. The molecule has 0 aromatic heterocycles. The SMILES string of the molecule is C[N+](C)(C)CCOP(=O)(O)OC[C@@H](COC(=O)CCCc1ccc(N(CCCl)CCCl)cc1)OC(=O)CCCc1ccc(N(CCCl)CCCl)cc1. The number of phosphoric ester groups is 1. The summed E-state index contributed by atoms with van der Waals surface area (Å²) >= 11 is 23.7. The number of quaternary nitrogens is 1. The van der Waals surface area contributed by atoms with E-state index in [0.29, 0.717) is 86.4 Å². The van der Waals surface area contributed by atoms with Gasteiger partial charge in [0.05, 0.1) is 27.7 Å². The predicted octanol–water partition coefficient (Wildman–Crippen LogP) is 6.90. The van der Waals surface area contributed by atoms with Gasteiger partial charge in [-0.1, -0.05) is 24.3 Å². The van der Waals surface area contributed by atoms with Crippen LogP contribution < -0.4 is 9.80 Å². The molecule has 0 heterocycles. The summed E-state index contributed by atoms with van der Waals surface area (Å²) in [5, 5.41) is 0. The zero-order valence-electron chi connectivity index (χ0n) is 30.5. The fourth-order valence-electron chi connectivity index (χ4n) is 5.03. The summed E-state index contributed by atoms with van der Waals surface area (Å²) in [7, 11) is 1.31. The minimum Gasteiger partial charge on any atom is -0.462 e. The third-order valence-corrected chi connectivity index (χ3v) is 9.54. The minimum absolute atomic E-state index is 0.0169. The van der Waals surface area contributed by atoms with Crippen molar-refractivity contribution in [2.75, 3.05) is 107 Å². The van der Waals surface area contributed by atoms with Crippen LogP contribution in [-0.2, 0) is 45.5 Å². The van der Waals surface area contributed by atoms with E-state index in [1.807, 2.05) is 69.7 Å². The summed E-state index contributed by atoms with van der Waals surface area (Å²) in [4.78, 5) is 39.9. The molecule has 0 saturated carbocycles. The molecule has 0 fully saturated rings. The molecule has 2 aromatic carbocycles. The topological polar surface area (TPSA) is 115 Å². The third kappa shape index (κ3) is 20.0. The van der Waals surface area contributed by atoms with Crippen molar-refractivity contribution in [1.82, 2.24) is 0 Å². The number of aryl methyl sites for hydroxylation is 2. The molecule has 0 aliphatic rings. The van der Waals surface area contributed by atoms with Gasteiger partial charge in [0, 0.05) is 73.9 Å². The average Bonchev–Trinajstić information content (AvgIpc) is 3.09. The van der Waals surface area contributed by atoms with Crippen molar-refractivity contribution in [2.45, 2.75) is 44.6 Å². The molecule has 1 N–H and O–H groups in total. The van der Waals surface area contributed by atoms with Crippen molar-refractivity contribution in [3.63, 3.8) is 0 Å². The normalized spacial score (nSPS) is 13.3. The lowest BCUT2D eigenvalue weighted by molar-refractivity contribution is -0.870. The van der Waals surface area contributed by atoms with E-state index in [9.17, 15) is 19.0 Å². The van der Waals surface area contributed by atoms with Crippen LogP contribution >= 0.6 is 54.2 Å². The molecule has 0 saturated heterocycles. The lowest BCUT2D eigenvalue weighted by Crippen LogP contribution is -2.37.